The van der Waals surface area contributed by atoms with E-state index in [9.17, 15) is 9.59 Å². The van der Waals surface area contributed by atoms with Gasteiger partial charge in [0.15, 0.2) is 0 Å². The Hall–Kier alpha value is -1.38. The predicted molar refractivity (Wildman–Crippen MR) is 57.0 cm³/mol. The topological polar surface area (TPSA) is 43.4 Å². The van der Waals surface area contributed by atoms with Crippen LogP contribution < -0.4 is 0 Å². The van der Waals surface area contributed by atoms with Crippen molar-refractivity contribution in [3.05, 3.63) is 23.8 Å². The van der Waals surface area contributed by atoms with E-state index >= 15 is 0 Å². The van der Waals surface area contributed by atoms with Gasteiger partial charge in [-0.25, -0.2) is 0 Å². The zero-order valence-corrected chi connectivity index (χ0v) is 9.16. The molecule has 0 saturated carbocycles. The Morgan fingerprint density at radius 1 is 1.53 bits per heavy atom. The number of rotatable bonds is 3. The number of hydrogen-bond acceptors (Lipinski definition) is 3. The summed E-state index contributed by atoms with van der Waals surface area (Å²) in [4.78, 5) is 22.3. The molecule has 0 fully saturated rings. The van der Waals surface area contributed by atoms with Crippen molar-refractivity contribution in [2.45, 2.75) is 33.1 Å². The van der Waals surface area contributed by atoms with Crippen molar-refractivity contribution in [2.75, 3.05) is 0 Å². The van der Waals surface area contributed by atoms with Gasteiger partial charge in [0.25, 0.3) is 0 Å². The fourth-order valence-corrected chi connectivity index (χ4v) is 1.70. The Morgan fingerprint density at radius 3 is 2.73 bits per heavy atom. The van der Waals surface area contributed by atoms with E-state index in [1.54, 1.807) is 0 Å². The predicted octanol–water partition coefficient (Wildman–Crippen LogP) is 2.38. The zero-order chi connectivity index (χ0) is 11.3. The van der Waals surface area contributed by atoms with Gasteiger partial charge in [-0.15, -0.1) is 0 Å². The Balaban J connectivity index is 2.69. The van der Waals surface area contributed by atoms with Gasteiger partial charge in [0.1, 0.15) is 0 Å². The van der Waals surface area contributed by atoms with E-state index < -0.39 is 11.9 Å². The number of carbonyl (C=O) groups excluding carboxylic acids is 2. The fraction of sp³-hybridized carbons (Fsp3) is 0.500. The Bertz CT molecular complexity index is 313. The lowest BCUT2D eigenvalue weighted by molar-refractivity contribution is -0.160. The first-order chi connectivity index (χ1) is 7.15. The van der Waals surface area contributed by atoms with Crippen LogP contribution >= 0.6 is 0 Å². The average molecular weight is 208 g/mol. The van der Waals surface area contributed by atoms with Crippen LogP contribution in [0.3, 0.4) is 0 Å². The molecule has 0 bridgehead atoms. The third-order valence-corrected chi connectivity index (χ3v) is 2.43. The molecule has 3 nitrogen and oxygen atoms in total. The highest BCUT2D eigenvalue weighted by molar-refractivity contribution is 5.87. The van der Waals surface area contributed by atoms with E-state index in [1.807, 2.05) is 19.1 Å². The molecule has 0 aliphatic heterocycles. The maximum Gasteiger partial charge on any atom is 0.320 e. The molecule has 15 heavy (non-hydrogen) atoms. The summed E-state index contributed by atoms with van der Waals surface area (Å²) >= 11 is 0. The van der Waals surface area contributed by atoms with Crippen LogP contribution in [-0.4, -0.2) is 11.9 Å². The number of allylic oxidation sites excluding steroid dienone is 3. The van der Waals surface area contributed by atoms with E-state index in [0.717, 1.165) is 18.4 Å². The van der Waals surface area contributed by atoms with Crippen LogP contribution in [0.15, 0.2) is 23.8 Å². The molecule has 0 N–H and O–H groups in total. The third-order valence-electron chi connectivity index (χ3n) is 2.43. The molecule has 1 atom stereocenters. The Morgan fingerprint density at radius 2 is 2.27 bits per heavy atom. The monoisotopic (exact) mass is 208 g/mol. The van der Waals surface area contributed by atoms with Gasteiger partial charge in [-0.1, -0.05) is 30.7 Å². The van der Waals surface area contributed by atoms with Crippen LogP contribution in [-0.2, 0) is 14.3 Å². The van der Waals surface area contributed by atoms with Crippen molar-refractivity contribution in [3.63, 3.8) is 0 Å². The van der Waals surface area contributed by atoms with Crippen LogP contribution in [0.5, 0.6) is 0 Å². The first kappa shape index (κ1) is 11.7. The largest absolute Gasteiger partial charge is 0.393 e. The number of hydrogen-bond donors (Lipinski definition) is 0. The van der Waals surface area contributed by atoms with Gasteiger partial charge in [-0.2, -0.15) is 0 Å². The summed E-state index contributed by atoms with van der Waals surface area (Å²) < 4.78 is 4.61. The highest BCUT2D eigenvalue weighted by Crippen LogP contribution is 2.24. The van der Waals surface area contributed by atoms with E-state index in [-0.39, 0.29) is 5.92 Å². The summed E-state index contributed by atoms with van der Waals surface area (Å²) in [6.45, 7) is 3.17. The van der Waals surface area contributed by atoms with Gasteiger partial charge in [0.05, 0.1) is 5.92 Å². The molecule has 3 heteroatoms. The quantitative estimate of drug-likeness (QED) is 0.528. The van der Waals surface area contributed by atoms with Crippen molar-refractivity contribution in [1.29, 1.82) is 0 Å². The van der Waals surface area contributed by atoms with E-state index in [1.165, 1.54) is 6.92 Å². The molecule has 1 rings (SSSR count). The minimum atomic E-state index is -0.537. The smallest absolute Gasteiger partial charge is 0.320 e. The molecule has 1 aliphatic carbocycles. The van der Waals surface area contributed by atoms with Crippen LogP contribution in [0, 0.1) is 5.92 Å². The molecule has 0 aromatic heterocycles. The molecule has 0 radical (unpaired) electrons. The summed E-state index contributed by atoms with van der Waals surface area (Å²) in [6, 6.07) is 0. The van der Waals surface area contributed by atoms with Gasteiger partial charge in [-0.05, 0) is 19.3 Å². The molecule has 1 unspecified atom stereocenters. The van der Waals surface area contributed by atoms with Crippen molar-refractivity contribution in [2.24, 2.45) is 5.92 Å². The average Bonchev–Trinajstić information content (AvgIpc) is 2.19. The maximum absolute atomic E-state index is 11.6. The first-order valence-corrected chi connectivity index (χ1v) is 5.23. The van der Waals surface area contributed by atoms with E-state index in [4.69, 9.17) is 0 Å². The molecule has 0 amide bonds. The molecule has 1 aliphatic rings. The number of carbonyl (C=O) groups is 2. The van der Waals surface area contributed by atoms with Crippen molar-refractivity contribution >= 4 is 11.9 Å². The lowest BCUT2D eigenvalue weighted by Crippen LogP contribution is -2.21. The molecule has 0 spiro atoms. The lowest BCUT2D eigenvalue weighted by atomic mass is 9.90. The summed E-state index contributed by atoms with van der Waals surface area (Å²) in [5, 5.41) is 0. The van der Waals surface area contributed by atoms with Gasteiger partial charge >= 0.3 is 11.9 Å². The minimum absolute atomic E-state index is 0.265. The summed E-state index contributed by atoms with van der Waals surface area (Å²) in [7, 11) is 0. The second-order valence-electron chi connectivity index (χ2n) is 3.58. The second-order valence-corrected chi connectivity index (χ2v) is 3.58. The van der Waals surface area contributed by atoms with E-state index in [0.29, 0.717) is 6.42 Å². The lowest BCUT2D eigenvalue weighted by Gasteiger charge is -2.17. The molecule has 82 valence electrons. The minimum Gasteiger partial charge on any atom is -0.393 e. The highest BCUT2D eigenvalue weighted by Gasteiger charge is 2.23. The number of ether oxygens (including phenoxy) is 1. The summed E-state index contributed by atoms with van der Waals surface area (Å²) in [5.74, 6) is -1.23. The number of esters is 2. The second kappa shape index (κ2) is 5.49. The van der Waals surface area contributed by atoms with E-state index in [2.05, 4.69) is 10.8 Å². The standard InChI is InChI=1S/C12H16O3/c1-3-11(12(14)15-9(2)13)10-7-5-4-6-8-10/h4-5,7,11H,3,6,8H2,1-2H3. The van der Waals surface area contributed by atoms with Crippen LogP contribution in [0.4, 0.5) is 0 Å². The molecule has 0 aromatic carbocycles. The van der Waals surface area contributed by atoms with Crippen molar-refractivity contribution in [1.82, 2.24) is 0 Å². The summed E-state index contributed by atoms with van der Waals surface area (Å²) in [6.07, 6.45) is 8.46. The maximum atomic E-state index is 11.6. The molecule has 0 aromatic rings. The third kappa shape index (κ3) is 3.35. The zero-order valence-electron chi connectivity index (χ0n) is 9.16. The summed E-state index contributed by atoms with van der Waals surface area (Å²) in [5.41, 5.74) is 1.06. The van der Waals surface area contributed by atoms with Gasteiger partial charge in [-0.3, -0.25) is 9.59 Å². The van der Waals surface area contributed by atoms with Crippen molar-refractivity contribution in [3.8, 4) is 0 Å². The fourth-order valence-electron chi connectivity index (χ4n) is 1.70. The van der Waals surface area contributed by atoms with Crippen LogP contribution in [0.1, 0.15) is 33.1 Å². The molecular weight excluding hydrogens is 192 g/mol. The Kier molecular flexibility index (Phi) is 4.28. The normalized spacial score (nSPS) is 16.8. The molecular formula is C12H16O3. The Labute approximate surface area is 89.8 Å². The first-order valence-electron chi connectivity index (χ1n) is 5.23. The van der Waals surface area contributed by atoms with Gasteiger partial charge in [0, 0.05) is 6.92 Å². The van der Waals surface area contributed by atoms with Crippen LogP contribution in [0.25, 0.3) is 0 Å². The van der Waals surface area contributed by atoms with Crippen molar-refractivity contribution < 1.29 is 14.3 Å². The molecule has 0 saturated heterocycles. The van der Waals surface area contributed by atoms with Crippen LogP contribution in [0.2, 0.25) is 0 Å². The SMILES string of the molecule is CCC(C(=O)OC(C)=O)C1=CC=CCC1. The molecule has 0 heterocycles. The van der Waals surface area contributed by atoms with Gasteiger partial charge < -0.3 is 4.74 Å². The van der Waals surface area contributed by atoms with Gasteiger partial charge in [0.2, 0.25) is 0 Å². The highest BCUT2D eigenvalue weighted by atomic mass is 16.6.